The van der Waals surface area contributed by atoms with Gasteiger partial charge in [0, 0.05) is 18.1 Å². The maximum Gasteiger partial charge on any atom is 0.275 e. The first kappa shape index (κ1) is 17.8. The van der Waals surface area contributed by atoms with Gasteiger partial charge in [-0.05, 0) is 38.5 Å². The zero-order chi connectivity index (χ0) is 20.0. The van der Waals surface area contributed by atoms with Crippen LogP contribution < -0.4 is 10.9 Å². The number of fused-ring (bicyclic) bond motifs is 2. The highest BCUT2D eigenvalue weighted by molar-refractivity contribution is 6.00. The largest absolute Gasteiger partial charge is 0.307 e. The van der Waals surface area contributed by atoms with Crippen LogP contribution in [0.5, 0.6) is 0 Å². The van der Waals surface area contributed by atoms with Crippen LogP contribution >= 0.6 is 0 Å². The average Bonchev–Trinajstić information content (AvgIpc) is 2.95. The maximum atomic E-state index is 12.7. The van der Waals surface area contributed by atoms with Gasteiger partial charge in [0.25, 0.3) is 5.56 Å². The summed E-state index contributed by atoms with van der Waals surface area (Å²) in [6.07, 6.45) is 0. The van der Waals surface area contributed by atoms with E-state index in [4.69, 9.17) is 0 Å². The lowest BCUT2D eigenvalue weighted by molar-refractivity contribution is -0.117. The van der Waals surface area contributed by atoms with E-state index in [-0.39, 0.29) is 18.0 Å². The first-order chi connectivity index (χ1) is 13.3. The van der Waals surface area contributed by atoms with Gasteiger partial charge in [0.15, 0.2) is 11.5 Å². The number of aromatic nitrogens is 5. The van der Waals surface area contributed by atoms with Crippen LogP contribution in [0.3, 0.4) is 0 Å². The molecule has 0 atom stereocenters. The van der Waals surface area contributed by atoms with Gasteiger partial charge in [-0.3, -0.25) is 9.59 Å². The van der Waals surface area contributed by atoms with Crippen LogP contribution in [0, 0.1) is 20.8 Å². The third kappa shape index (κ3) is 2.92. The zero-order valence-electron chi connectivity index (χ0n) is 16.1. The van der Waals surface area contributed by atoms with Crippen molar-refractivity contribution in [2.45, 2.75) is 27.3 Å². The second-order valence-corrected chi connectivity index (χ2v) is 6.89. The molecule has 4 rings (SSSR count). The van der Waals surface area contributed by atoms with Crippen molar-refractivity contribution in [1.82, 2.24) is 24.5 Å². The van der Waals surface area contributed by atoms with E-state index in [1.54, 1.807) is 23.9 Å². The van der Waals surface area contributed by atoms with Crippen molar-refractivity contribution >= 4 is 33.5 Å². The van der Waals surface area contributed by atoms with Crippen LogP contribution in [0.15, 0.2) is 35.1 Å². The molecule has 8 heteroatoms. The Labute approximate surface area is 160 Å². The molecule has 0 aliphatic heterocycles. The van der Waals surface area contributed by atoms with Gasteiger partial charge in [0.2, 0.25) is 5.91 Å². The number of carbonyl (C=O) groups excluding carboxylic acids is 1. The van der Waals surface area contributed by atoms with Crippen LogP contribution in [0.4, 0.5) is 5.82 Å². The second kappa shape index (κ2) is 6.56. The normalized spacial score (nSPS) is 11.3. The van der Waals surface area contributed by atoms with Crippen molar-refractivity contribution in [3.8, 4) is 0 Å². The Hall–Kier alpha value is -3.55. The maximum absolute atomic E-state index is 12.7. The average molecular weight is 376 g/mol. The molecule has 0 unspecified atom stereocenters. The number of aryl methyl sites for hydroxylation is 4. The Morgan fingerprint density at radius 2 is 1.82 bits per heavy atom. The Morgan fingerprint density at radius 1 is 1.11 bits per heavy atom. The number of hydrogen-bond acceptors (Lipinski definition) is 5. The third-order valence-corrected chi connectivity index (χ3v) is 4.72. The smallest absolute Gasteiger partial charge is 0.275 e. The molecule has 0 spiro atoms. The van der Waals surface area contributed by atoms with E-state index in [1.165, 1.54) is 4.68 Å². The molecule has 0 saturated heterocycles. The fraction of sp³-hybridized carbons (Fsp3) is 0.250. The van der Waals surface area contributed by atoms with Crippen molar-refractivity contribution in [1.29, 1.82) is 0 Å². The Kier molecular flexibility index (Phi) is 4.18. The number of rotatable bonds is 3. The molecule has 3 heterocycles. The highest BCUT2D eigenvalue weighted by atomic mass is 16.2. The topological polar surface area (TPSA) is 94.7 Å². The molecule has 0 saturated carbocycles. The van der Waals surface area contributed by atoms with E-state index >= 15 is 0 Å². The molecule has 142 valence electrons. The minimum absolute atomic E-state index is 0.194. The Bertz CT molecular complexity index is 1300. The predicted molar refractivity (Wildman–Crippen MR) is 107 cm³/mol. The van der Waals surface area contributed by atoms with Gasteiger partial charge in [-0.1, -0.05) is 18.2 Å². The highest BCUT2D eigenvalue weighted by Gasteiger charge is 2.17. The predicted octanol–water partition coefficient (Wildman–Crippen LogP) is 2.24. The van der Waals surface area contributed by atoms with Crippen molar-refractivity contribution in [2.24, 2.45) is 7.05 Å². The number of benzene rings is 1. The van der Waals surface area contributed by atoms with E-state index in [9.17, 15) is 9.59 Å². The van der Waals surface area contributed by atoms with Crippen LogP contribution in [-0.4, -0.2) is 30.5 Å². The number of pyridine rings is 1. The molecule has 0 aliphatic carbocycles. The summed E-state index contributed by atoms with van der Waals surface area (Å²) in [5.41, 5.74) is 2.96. The van der Waals surface area contributed by atoms with Gasteiger partial charge in [-0.25, -0.2) is 14.3 Å². The monoisotopic (exact) mass is 376 g/mol. The van der Waals surface area contributed by atoms with Crippen LogP contribution in [-0.2, 0) is 18.4 Å². The summed E-state index contributed by atoms with van der Waals surface area (Å²) in [4.78, 5) is 29.8. The second-order valence-electron chi connectivity index (χ2n) is 6.89. The number of carbonyl (C=O) groups is 1. The summed E-state index contributed by atoms with van der Waals surface area (Å²) in [6, 6.07) is 9.19. The zero-order valence-corrected chi connectivity index (χ0v) is 16.1. The molecule has 0 fully saturated rings. The number of anilines is 1. The van der Waals surface area contributed by atoms with Gasteiger partial charge in [0.05, 0.1) is 16.5 Å². The fourth-order valence-corrected chi connectivity index (χ4v) is 3.50. The molecule has 8 nitrogen and oxygen atoms in total. The summed E-state index contributed by atoms with van der Waals surface area (Å²) in [5.74, 6) is 0.0577. The summed E-state index contributed by atoms with van der Waals surface area (Å²) in [6.45, 7) is 5.49. The fourth-order valence-electron chi connectivity index (χ4n) is 3.50. The molecule has 1 aromatic carbocycles. The van der Waals surface area contributed by atoms with Crippen LogP contribution in [0.2, 0.25) is 0 Å². The van der Waals surface area contributed by atoms with Gasteiger partial charge < -0.3 is 5.32 Å². The van der Waals surface area contributed by atoms with E-state index < -0.39 is 0 Å². The molecular formula is C20H20N6O2. The van der Waals surface area contributed by atoms with E-state index in [0.29, 0.717) is 22.5 Å². The van der Waals surface area contributed by atoms with Crippen LogP contribution in [0.25, 0.3) is 21.8 Å². The lowest BCUT2D eigenvalue weighted by atomic mass is 10.1. The summed E-state index contributed by atoms with van der Waals surface area (Å²) < 4.78 is 2.82. The molecule has 4 aromatic rings. The molecule has 3 aromatic heterocycles. The molecule has 0 bridgehead atoms. The van der Waals surface area contributed by atoms with Gasteiger partial charge in [-0.15, -0.1) is 0 Å². The minimum Gasteiger partial charge on any atom is -0.307 e. The quantitative estimate of drug-likeness (QED) is 0.592. The highest BCUT2D eigenvalue weighted by Crippen LogP contribution is 2.25. The summed E-state index contributed by atoms with van der Waals surface area (Å²) in [5, 5.41) is 13.6. The number of hydrogen-bond donors (Lipinski definition) is 1. The standard InChI is InChI=1S/C20H20N6O2/c1-11-9-12(2)21-19-17(11)18(24-25(19)4)22-16(27)10-26-20(28)15-8-6-5-7-14(15)13(3)23-26/h5-9H,10H2,1-4H3,(H,22,24,27). The lowest BCUT2D eigenvalue weighted by Gasteiger charge is -2.09. The molecule has 1 amide bonds. The van der Waals surface area contributed by atoms with Gasteiger partial charge >= 0.3 is 0 Å². The van der Waals surface area contributed by atoms with Crippen molar-refractivity contribution in [3.63, 3.8) is 0 Å². The number of amides is 1. The van der Waals surface area contributed by atoms with E-state index in [0.717, 1.165) is 22.0 Å². The molecule has 28 heavy (non-hydrogen) atoms. The summed E-state index contributed by atoms with van der Waals surface area (Å²) in [7, 11) is 1.78. The van der Waals surface area contributed by atoms with Crippen molar-refractivity contribution < 1.29 is 4.79 Å². The van der Waals surface area contributed by atoms with Gasteiger partial charge in [0.1, 0.15) is 6.54 Å². The molecule has 1 N–H and O–H groups in total. The lowest BCUT2D eigenvalue weighted by Crippen LogP contribution is -2.30. The van der Waals surface area contributed by atoms with Crippen molar-refractivity contribution in [2.75, 3.05) is 5.32 Å². The molecule has 0 radical (unpaired) electrons. The number of nitrogens with zero attached hydrogens (tertiary/aromatic N) is 5. The van der Waals surface area contributed by atoms with Crippen LogP contribution in [0.1, 0.15) is 17.0 Å². The Morgan fingerprint density at radius 3 is 2.57 bits per heavy atom. The van der Waals surface area contributed by atoms with E-state index in [1.807, 2.05) is 39.0 Å². The first-order valence-electron chi connectivity index (χ1n) is 8.92. The third-order valence-electron chi connectivity index (χ3n) is 4.72. The SMILES string of the molecule is Cc1cc(C)c2c(NC(=O)Cn3nc(C)c4ccccc4c3=O)nn(C)c2n1. The first-order valence-corrected chi connectivity index (χ1v) is 8.92. The number of nitrogens with one attached hydrogen (secondary N) is 1. The Balaban J connectivity index is 1.68. The molecular weight excluding hydrogens is 356 g/mol. The summed E-state index contributed by atoms with van der Waals surface area (Å²) >= 11 is 0. The van der Waals surface area contributed by atoms with Crippen molar-refractivity contribution in [3.05, 3.63) is 57.6 Å². The van der Waals surface area contributed by atoms with E-state index in [2.05, 4.69) is 20.5 Å². The minimum atomic E-state index is -0.371. The van der Waals surface area contributed by atoms with Gasteiger partial charge in [-0.2, -0.15) is 10.2 Å². The molecule has 0 aliphatic rings.